The molecule has 2 aromatic carbocycles. The van der Waals surface area contributed by atoms with E-state index >= 15 is 0 Å². The molecule has 31 heavy (non-hydrogen) atoms. The third-order valence-corrected chi connectivity index (χ3v) is 7.94. The monoisotopic (exact) mass is 435 g/mol. The molecule has 6 rings (SSSR count). The standard InChI is InChI=1S/C24H22ClN3O3/c1-12-5-7-15(10-13(12)2)28-21(29)19-18-4-3-9-27(18)24(20(19)22(28)30)16-11-14(25)6-8-17(16)26-23(24)31/h5-8,10-11,18-20H,3-4,9H2,1-2H3,(H,26,31)/t18-,19-,20-,24+/m0/s1. The number of aryl methyl sites for hydroxylation is 2. The van der Waals surface area contributed by atoms with Gasteiger partial charge in [0.2, 0.25) is 17.7 Å². The minimum atomic E-state index is -1.19. The summed E-state index contributed by atoms with van der Waals surface area (Å²) >= 11 is 6.32. The van der Waals surface area contributed by atoms with E-state index in [4.69, 9.17) is 11.6 Å². The summed E-state index contributed by atoms with van der Waals surface area (Å²) in [5.74, 6) is -2.02. The van der Waals surface area contributed by atoms with Gasteiger partial charge >= 0.3 is 0 Å². The van der Waals surface area contributed by atoms with Crippen LogP contribution in [0.25, 0.3) is 0 Å². The lowest BCUT2D eigenvalue weighted by atomic mass is 9.75. The van der Waals surface area contributed by atoms with Crippen molar-refractivity contribution in [3.8, 4) is 0 Å². The number of carbonyl (C=O) groups excluding carboxylic acids is 3. The van der Waals surface area contributed by atoms with Crippen molar-refractivity contribution >= 4 is 40.7 Å². The normalized spacial score (nSPS) is 31.4. The van der Waals surface area contributed by atoms with E-state index in [2.05, 4.69) is 10.2 Å². The van der Waals surface area contributed by atoms with Crippen LogP contribution in [0, 0.1) is 25.7 Å². The maximum Gasteiger partial charge on any atom is 0.250 e. The maximum absolute atomic E-state index is 13.9. The first-order valence-corrected chi connectivity index (χ1v) is 11.1. The molecular formula is C24H22ClN3O3. The third-order valence-electron chi connectivity index (χ3n) is 7.70. The lowest BCUT2D eigenvalue weighted by Crippen LogP contribution is -2.54. The predicted molar refractivity (Wildman–Crippen MR) is 117 cm³/mol. The highest BCUT2D eigenvalue weighted by Crippen LogP contribution is 2.60. The van der Waals surface area contributed by atoms with Gasteiger partial charge in [0.05, 0.1) is 17.5 Å². The fourth-order valence-corrected chi connectivity index (χ4v) is 6.47. The van der Waals surface area contributed by atoms with Crippen molar-refractivity contribution in [1.82, 2.24) is 4.90 Å². The Morgan fingerprint density at radius 1 is 1.03 bits per heavy atom. The summed E-state index contributed by atoms with van der Waals surface area (Å²) in [5, 5.41) is 3.48. The molecule has 3 saturated heterocycles. The fourth-order valence-electron chi connectivity index (χ4n) is 6.29. The zero-order valence-electron chi connectivity index (χ0n) is 17.3. The van der Waals surface area contributed by atoms with E-state index in [9.17, 15) is 14.4 Å². The fraction of sp³-hybridized carbons (Fsp3) is 0.375. The van der Waals surface area contributed by atoms with Gasteiger partial charge < -0.3 is 5.32 Å². The van der Waals surface area contributed by atoms with Crippen LogP contribution in [0.4, 0.5) is 11.4 Å². The number of rotatable bonds is 1. The smallest absolute Gasteiger partial charge is 0.250 e. The second kappa shape index (κ2) is 6.17. The molecule has 6 nitrogen and oxygen atoms in total. The summed E-state index contributed by atoms with van der Waals surface area (Å²) in [5.41, 5.74) is 2.89. The van der Waals surface area contributed by atoms with Gasteiger partial charge in [0.15, 0.2) is 0 Å². The summed E-state index contributed by atoms with van der Waals surface area (Å²) in [6, 6.07) is 10.8. The van der Waals surface area contributed by atoms with Gasteiger partial charge in [-0.2, -0.15) is 0 Å². The molecule has 4 heterocycles. The van der Waals surface area contributed by atoms with E-state index in [-0.39, 0.29) is 23.8 Å². The molecule has 0 radical (unpaired) electrons. The van der Waals surface area contributed by atoms with Crippen molar-refractivity contribution in [2.24, 2.45) is 11.8 Å². The van der Waals surface area contributed by atoms with Crippen molar-refractivity contribution in [3.05, 3.63) is 58.1 Å². The van der Waals surface area contributed by atoms with E-state index in [1.54, 1.807) is 18.2 Å². The SMILES string of the molecule is Cc1ccc(N2C(=O)[C@@H]3[C@@H](C2=O)[C@]2(C(=O)Nc4ccc(Cl)cc42)N2CCC[C@@H]32)cc1C. The second-order valence-electron chi connectivity index (χ2n) is 9.10. The van der Waals surface area contributed by atoms with Crippen LogP contribution < -0.4 is 10.2 Å². The number of benzene rings is 2. The summed E-state index contributed by atoms with van der Waals surface area (Å²) < 4.78 is 0. The van der Waals surface area contributed by atoms with E-state index in [0.29, 0.717) is 28.5 Å². The van der Waals surface area contributed by atoms with E-state index in [1.807, 2.05) is 32.0 Å². The quantitative estimate of drug-likeness (QED) is 0.697. The molecule has 3 amide bonds. The Labute approximate surface area is 185 Å². The predicted octanol–water partition coefficient (Wildman–Crippen LogP) is 3.39. The van der Waals surface area contributed by atoms with Crippen molar-refractivity contribution in [2.75, 3.05) is 16.8 Å². The lowest BCUT2D eigenvalue weighted by molar-refractivity contribution is -0.135. The molecule has 0 unspecified atom stereocenters. The summed E-state index contributed by atoms with van der Waals surface area (Å²) in [4.78, 5) is 44.6. The van der Waals surface area contributed by atoms with Gasteiger partial charge in [-0.15, -0.1) is 0 Å². The molecule has 1 spiro atoms. The third kappa shape index (κ3) is 2.19. The molecular weight excluding hydrogens is 414 g/mol. The number of hydrogen-bond acceptors (Lipinski definition) is 4. The Morgan fingerprint density at radius 2 is 1.84 bits per heavy atom. The Balaban J connectivity index is 1.56. The highest BCUT2D eigenvalue weighted by Gasteiger charge is 2.74. The number of carbonyl (C=O) groups is 3. The molecule has 158 valence electrons. The second-order valence-corrected chi connectivity index (χ2v) is 9.53. The Hall–Kier alpha value is -2.70. The minimum Gasteiger partial charge on any atom is -0.324 e. The topological polar surface area (TPSA) is 69.7 Å². The van der Waals surface area contributed by atoms with E-state index in [1.165, 1.54) is 4.90 Å². The first-order valence-electron chi connectivity index (χ1n) is 10.7. The van der Waals surface area contributed by atoms with Crippen LogP contribution in [0.5, 0.6) is 0 Å². The van der Waals surface area contributed by atoms with Crippen LogP contribution in [0.1, 0.15) is 29.5 Å². The number of hydrogen-bond donors (Lipinski definition) is 1. The van der Waals surface area contributed by atoms with Gasteiger partial charge in [0.25, 0.3) is 0 Å². The van der Waals surface area contributed by atoms with Crippen LogP contribution in [0.15, 0.2) is 36.4 Å². The number of fused-ring (bicyclic) bond motifs is 7. The lowest BCUT2D eigenvalue weighted by Gasteiger charge is -2.36. The largest absolute Gasteiger partial charge is 0.324 e. The number of nitrogens with zero attached hydrogens (tertiary/aromatic N) is 2. The van der Waals surface area contributed by atoms with Crippen LogP contribution >= 0.6 is 11.6 Å². The summed E-state index contributed by atoms with van der Waals surface area (Å²) in [6.07, 6.45) is 1.69. The first-order chi connectivity index (χ1) is 14.9. The molecule has 0 bridgehead atoms. The van der Waals surface area contributed by atoms with Gasteiger partial charge in [0.1, 0.15) is 5.54 Å². The summed E-state index contributed by atoms with van der Waals surface area (Å²) in [6.45, 7) is 4.64. The Morgan fingerprint density at radius 3 is 2.61 bits per heavy atom. The minimum absolute atomic E-state index is 0.131. The van der Waals surface area contributed by atoms with Crippen LogP contribution in [-0.4, -0.2) is 35.2 Å². The summed E-state index contributed by atoms with van der Waals surface area (Å²) in [7, 11) is 0. The van der Waals surface area contributed by atoms with Gasteiger partial charge in [-0.25, -0.2) is 4.90 Å². The van der Waals surface area contributed by atoms with Crippen molar-refractivity contribution in [1.29, 1.82) is 0 Å². The number of halogens is 1. The van der Waals surface area contributed by atoms with Crippen LogP contribution in [0.3, 0.4) is 0 Å². The average Bonchev–Trinajstić information content (AvgIpc) is 3.43. The average molecular weight is 436 g/mol. The van der Waals surface area contributed by atoms with Gasteiger partial charge in [-0.05, 0) is 74.7 Å². The van der Waals surface area contributed by atoms with Crippen LogP contribution in [-0.2, 0) is 19.9 Å². The van der Waals surface area contributed by atoms with Crippen molar-refractivity contribution < 1.29 is 14.4 Å². The number of anilines is 2. The highest BCUT2D eigenvalue weighted by atomic mass is 35.5. The molecule has 7 heteroatoms. The molecule has 0 aliphatic carbocycles. The van der Waals surface area contributed by atoms with Gasteiger partial charge in [-0.1, -0.05) is 17.7 Å². The number of amides is 3. The molecule has 1 N–H and O–H groups in total. The zero-order valence-corrected chi connectivity index (χ0v) is 18.1. The van der Waals surface area contributed by atoms with Crippen molar-refractivity contribution in [2.45, 2.75) is 38.3 Å². The number of nitrogens with one attached hydrogen (secondary N) is 1. The van der Waals surface area contributed by atoms with Crippen molar-refractivity contribution in [3.63, 3.8) is 0 Å². The highest BCUT2D eigenvalue weighted by molar-refractivity contribution is 6.31. The van der Waals surface area contributed by atoms with Gasteiger partial charge in [0, 0.05) is 22.3 Å². The van der Waals surface area contributed by atoms with Gasteiger partial charge in [-0.3, -0.25) is 19.3 Å². The molecule has 3 fully saturated rings. The molecule has 2 aromatic rings. The van der Waals surface area contributed by atoms with E-state index in [0.717, 1.165) is 24.0 Å². The van der Waals surface area contributed by atoms with Crippen LogP contribution in [0.2, 0.25) is 5.02 Å². The Bertz CT molecular complexity index is 1190. The zero-order chi connectivity index (χ0) is 21.7. The molecule has 0 saturated carbocycles. The molecule has 4 aliphatic rings. The molecule has 4 atom stereocenters. The molecule has 0 aromatic heterocycles. The van der Waals surface area contributed by atoms with E-state index < -0.39 is 17.4 Å². The maximum atomic E-state index is 13.9. The number of imide groups is 1. The Kier molecular flexibility index (Phi) is 3.79. The molecule has 4 aliphatic heterocycles. The first kappa shape index (κ1) is 19.0.